The highest BCUT2D eigenvalue weighted by molar-refractivity contribution is 6.30. The SMILES string of the molecule is C=CC[C@@H]1O[C@@H](c2cccc(Cl)c2)[C@@H](c2ccc(Cl)cc2)N([C@@H](c2nnc(C)o2)C2CC2)C1=O. The molecule has 1 saturated carbocycles. The van der Waals surface area contributed by atoms with E-state index in [-0.39, 0.29) is 17.9 Å². The van der Waals surface area contributed by atoms with E-state index in [2.05, 4.69) is 16.8 Å². The largest absolute Gasteiger partial charge is 0.423 e. The van der Waals surface area contributed by atoms with Gasteiger partial charge in [-0.25, -0.2) is 0 Å². The first kappa shape index (κ1) is 23.1. The highest BCUT2D eigenvalue weighted by Gasteiger charge is 2.52. The van der Waals surface area contributed by atoms with E-state index in [1.54, 1.807) is 13.0 Å². The molecule has 1 aliphatic heterocycles. The Morgan fingerprint density at radius 1 is 1.12 bits per heavy atom. The molecule has 2 aromatic carbocycles. The van der Waals surface area contributed by atoms with Crippen LogP contribution in [0.4, 0.5) is 0 Å². The van der Waals surface area contributed by atoms with Crippen molar-refractivity contribution in [2.24, 2.45) is 5.92 Å². The number of amides is 1. The third-order valence-corrected chi connectivity index (χ3v) is 6.85. The number of aryl methyl sites for hydroxylation is 1. The van der Waals surface area contributed by atoms with Crippen molar-refractivity contribution in [3.8, 4) is 0 Å². The van der Waals surface area contributed by atoms with Crippen molar-refractivity contribution >= 4 is 29.1 Å². The number of hydrogen-bond acceptors (Lipinski definition) is 5. The summed E-state index contributed by atoms with van der Waals surface area (Å²) in [6.07, 6.45) is 2.92. The fourth-order valence-corrected chi connectivity index (χ4v) is 5.03. The molecule has 4 atom stereocenters. The summed E-state index contributed by atoms with van der Waals surface area (Å²) in [5.74, 6) is 1.04. The van der Waals surface area contributed by atoms with Crippen LogP contribution in [0.25, 0.3) is 0 Å². The number of benzene rings is 2. The van der Waals surface area contributed by atoms with Gasteiger partial charge in [0.2, 0.25) is 11.8 Å². The Balaban J connectivity index is 1.69. The molecule has 8 heteroatoms. The standard InChI is InChI=1S/C26H25Cl2N3O3/c1-3-5-21-26(32)31(23(17-8-9-17)25-30-29-15(2)33-25)22(16-10-12-19(27)13-11-16)24(34-21)18-6-4-7-20(28)14-18/h3-4,6-7,10-14,17,21-24H,1,5,8-9H2,2H3/t21-,22+,23+,24-/m0/s1. The Hall–Kier alpha value is -2.67. The summed E-state index contributed by atoms with van der Waals surface area (Å²) in [7, 11) is 0. The molecular formula is C26H25Cl2N3O3. The number of halogens is 2. The minimum absolute atomic E-state index is 0.120. The van der Waals surface area contributed by atoms with E-state index in [0.29, 0.717) is 28.2 Å². The quantitative estimate of drug-likeness (QED) is 0.352. The summed E-state index contributed by atoms with van der Waals surface area (Å²) in [6.45, 7) is 5.60. The Bertz CT molecular complexity index is 1190. The maximum absolute atomic E-state index is 14.0. The maximum Gasteiger partial charge on any atom is 0.253 e. The van der Waals surface area contributed by atoms with Crippen molar-refractivity contribution in [3.05, 3.63) is 94.1 Å². The van der Waals surface area contributed by atoms with E-state index < -0.39 is 18.2 Å². The molecule has 0 N–H and O–H groups in total. The summed E-state index contributed by atoms with van der Waals surface area (Å²) in [5, 5.41) is 9.60. The third kappa shape index (κ3) is 4.50. The monoisotopic (exact) mass is 497 g/mol. The van der Waals surface area contributed by atoms with Crippen LogP contribution in [0.3, 0.4) is 0 Å². The number of carbonyl (C=O) groups excluding carboxylic acids is 1. The molecule has 2 heterocycles. The van der Waals surface area contributed by atoms with Gasteiger partial charge in [0.05, 0.1) is 6.04 Å². The lowest BCUT2D eigenvalue weighted by Gasteiger charge is -2.47. The van der Waals surface area contributed by atoms with Gasteiger partial charge in [-0.05, 0) is 54.2 Å². The van der Waals surface area contributed by atoms with Crippen LogP contribution in [-0.4, -0.2) is 27.1 Å². The molecule has 0 unspecified atom stereocenters. The van der Waals surface area contributed by atoms with Crippen LogP contribution in [0.5, 0.6) is 0 Å². The van der Waals surface area contributed by atoms with Crippen LogP contribution in [-0.2, 0) is 9.53 Å². The molecule has 1 aromatic heterocycles. The molecule has 5 rings (SSSR count). The second kappa shape index (κ2) is 9.53. The van der Waals surface area contributed by atoms with Gasteiger partial charge < -0.3 is 14.1 Å². The third-order valence-electron chi connectivity index (χ3n) is 6.36. The number of ether oxygens (including phenoxy) is 1. The second-order valence-corrected chi connectivity index (χ2v) is 9.68. The van der Waals surface area contributed by atoms with Gasteiger partial charge in [0.25, 0.3) is 5.91 Å². The molecule has 0 radical (unpaired) electrons. The van der Waals surface area contributed by atoms with Crippen LogP contribution < -0.4 is 0 Å². The van der Waals surface area contributed by atoms with Crippen molar-refractivity contribution < 1.29 is 13.9 Å². The molecule has 1 amide bonds. The molecule has 3 aromatic rings. The lowest BCUT2D eigenvalue weighted by atomic mass is 9.89. The number of hydrogen-bond donors (Lipinski definition) is 0. The van der Waals surface area contributed by atoms with Crippen LogP contribution in [0, 0.1) is 12.8 Å². The van der Waals surface area contributed by atoms with Crippen molar-refractivity contribution in [3.63, 3.8) is 0 Å². The highest BCUT2D eigenvalue weighted by Crippen LogP contribution is 2.52. The molecule has 0 spiro atoms. The van der Waals surface area contributed by atoms with E-state index in [9.17, 15) is 4.79 Å². The summed E-state index contributed by atoms with van der Waals surface area (Å²) >= 11 is 12.6. The highest BCUT2D eigenvalue weighted by atomic mass is 35.5. The first-order valence-electron chi connectivity index (χ1n) is 11.4. The van der Waals surface area contributed by atoms with Crippen LogP contribution in [0.2, 0.25) is 10.0 Å². The Labute approximate surface area is 208 Å². The molecule has 2 fully saturated rings. The van der Waals surface area contributed by atoms with Crippen molar-refractivity contribution in [1.29, 1.82) is 0 Å². The zero-order chi connectivity index (χ0) is 23.8. The molecule has 0 bridgehead atoms. The Kier molecular flexibility index (Phi) is 6.47. The predicted molar refractivity (Wildman–Crippen MR) is 129 cm³/mol. The molecule has 176 valence electrons. The molecule has 1 saturated heterocycles. The van der Waals surface area contributed by atoms with Gasteiger partial charge in [-0.15, -0.1) is 16.8 Å². The summed E-state index contributed by atoms with van der Waals surface area (Å²) in [6, 6.07) is 14.3. The van der Waals surface area contributed by atoms with Gasteiger partial charge in [-0.1, -0.05) is 53.5 Å². The second-order valence-electron chi connectivity index (χ2n) is 8.81. The lowest BCUT2D eigenvalue weighted by Crippen LogP contribution is -2.52. The number of carbonyl (C=O) groups is 1. The van der Waals surface area contributed by atoms with E-state index in [1.165, 1.54) is 0 Å². The van der Waals surface area contributed by atoms with E-state index >= 15 is 0 Å². The van der Waals surface area contributed by atoms with Gasteiger partial charge >= 0.3 is 0 Å². The summed E-state index contributed by atoms with van der Waals surface area (Å²) in [5.41, 5.74) is 1.79. The number of morpholine rings is 1. The lowest BCUT2D eigenvalue weighted by molar-refractivity contribution is -0.181. The summed E-state index contributed by atoms with van der Waals surface area (Å²) in [4.78, 5) is 15.9. The normalized spacial score (nSPS) is 23.7. The van der Waals surface area contributed by atoms with E-state index in [0.717, 1.165) is 24.0 Å². The van der Waals surface area contributed by atoms with Crippen molar-refractivity contribution in [2.45, 2.75) is 50.5 Å². The number of rotatable bonds is 7. The van der Waals surface area contributed by atoms with Crippen molar-refractivity contribution in [2.75, 3.05) is 0 Å². The van der Waals surface area contributed by atoms with Gasteiger partial charge in [0, 0.05) is 23.4 Å². The van der Waals surface area contributed by atoms with E-state index in [1.807, 2.05) is 53.4 Å². The zero-order valence-corrected chi connectivity index (χ0v) is 20.2. The summed E-state index contributed by atoms with van der Waals surface area (Å²) < 4.78 is 12.4. The van der Waals surface area contributed by atoms with Gasteiger partial charge in [-0.2, -0.15) is 0 Å². The van der Waals surface area contributed by atoms with Crippen LogP contribution >= 0.6 is 23.2 Å². The first-order valence-corrected chi connectivity index (χ1v) is 12.1. The average Bonchev–Trinajstić information content (AvgIpc) is 3.57. The van der Waals surface area contributed by atoms with E-state index in [4.69, 9.17) is 32.4 Å². The fourth-order valence-electron chi connectivity index (χ4n) is 4.71. The van der Waals surface area contributed by atoms with Crippen molar-refractivity contribution in [1.82, 2.24) is 15.1 Å². The zero-order valence-electron chi connectivity index (χ0n) is 18.7. The van der Waals surface area contributed by atoms with Gasteiger partial charge in [0.1, 0.15) is 18.2 Å². The predicted octanol–water partition coefficient (Wildman–Crippen LogP) is 6.42. The molecule has 1 aliphatic carbocycles. The minimum atomic E-state index is -0.685. The van der Waals surface area contributed by atoms with Gasteiger partial charge in [0.15, 0.2) is 0 Å². The average molecular weight is 498 g/mol. The maximum atomic E-state index is 14.0. The number of nitrogens with zero attached hydrogens (tertiary/aromatic N) is 3. The molecular weight excluding hydrogens is 473 g/mol. The first-order chi connectivity index (χ1) is 16.5. The fraction of sp³-hybridized carbons (Fsp3) is 0.346. The Morgan fingerprint density at radius 2 is 1.88 bits per heavy atom. The Morgan fingerprint density at radius 3 is 2.50 bits per heavy atom. The molecule has 34 heavy (non-hydrogen) atoms. The smallest absolute Gasteiger partial charge is 0.253 e. The number of aromatic nitrogens is 2. The minimum Gasteiger partial charge on any atom is -0.423 e. The molecule has 6 nitrogen and oxygen atoms in total. The van der Waals surface area contributed by atoms with Crippen LogP contribution in [0.1, 0.15) is 60.4 Å². The van der Waals surface area contributed by atoms with Gasteiger partial charge in [-0.3, -0.25) is 4.79 Å². The molecule has 2 aliphatic rings. The van der Waals surface area contributed by atoms with Crippen LogP contribution in [0.15, 0.2) is 65.6 Å². The topological polar surface area (TPSA) is 68.5 Å².